The third kappa shape index (κ3) is 1.91. The fraction of sp³-hybridized carbons (Fsp3) is 0.857. The van der Waals surface area contributed by atoms with E-state index in [0.29, 0.717) is 13.0 Å². The third-order valence-electron chi connectivity index (χ3n) is 2.10. The summed E-state index contributed by atoms with van der Waals surface area (Å²) in [6, 6.07) is 0. The van der Waals surface area contributed by atoms with Crippen molar-refractivity contribution in [3.8, 4) is 0 Å². The first-order valence-electron chi connectivity index (χ1n) is 3.70. The lowest BCUT2D eigenvalue weighted by atomic mass is 9.95. The van der Waals surface area contributed by atoms with Crippen LogP contribution in [0.15, 0.2) is 0 Å². The monoisotopic (exact) mass is 159 g/mol. The number of piperidine rings is 1. The highest BCUT2D eigenvalue weighted by atomic mass is 16.4. The Bertz CT molecular complexity index is 160. The Kier molecular flexibility index (Phi) is 2.46. The molecular formula is C7H13NO3. The number of hydrogen-bond acceptors (Lipinski definition) is 3. The van der Waals surface area contributed by atoms with Gasteiger partial charge in [-0.3, -0.25) is 4.79 Å². The van der Waals surface area contributed by atoms with Crippen LogP contribution in [0.2, 0.25) is 0 Å². The minimum Gasteiger partial charge on any atom is -0.481 e. The van der Waals surface area contributed by atoms with Crippen LogP contribution in [0.4, 0.5) is 0 Å². The van der Waals surface area contributed by atoms with Crippen LogP contribution in [0.25, 0.3) is 0 Å². The molecule has 2 atom stereocenters. The van der Waals surface area contributed by atoms with Crippen molar-refractivity contribution in [3.63, 3.8) is 0 Å². The van der Waals surface area contributed by atoms with E-state index in [-0.39, 0.29) is 0 Å². The zero-order valence-electron chi connectivity index (χ0n) is 6.53. The molecule has 1 aliphatic heterocycles. The van der Waals surface area contributed by atoms with Crippen LogP contribution in [-0.4, -0.2) is 47.3 Å². The SMILES string of the molecule is CN1CC[C@H](O)[C@H](C(=O)O)C1. The molecule has 0 saturated carbocycles. The molecule has 0 aromatic carbocycles. The summed E-state index contributed by atoms with van der Waals surface area (Å²) >= 11 is 0. The van der Waals surface area contributed by atoms with Gasteiger partial charge < -0.3 is 15.1 Å². The van der Waals surface area contributed by atoms with Crippen LogP contribution in [0.5, 0.6) is 0 Å². The average molecular weight is 159 g/mol. The molecule has 1 heterocycles. The van der Waals surface area contributed by atoms with E-state index in [9.17, 15) is 9.90 Å². The van der Waals surface area contributed by atoms with E-state index in [1.807, 2.05) is 11.9 Å². The summed E-state index contributed by atoms with van der Waals surface area (Å²) < 4.78 is 0. The van der Waals surface area contributed by atoms with Gasteiger partial charge in [0.15, 0.2) is 0 Å². The molecule has 64 valence electrons. The van der Waals surface area contributed by atoms with Gasteiger partial charge in [-0.25, -0.2) is 0 Å². The first-order chi connectivity index (χ1) is 5.11. The molecule has 0 aliphatic carbocycles. The molecule has 1 saturated heterocycles. The zero-order valence-corrected chi connectivity index (χ0v) is 6.53. The van der Waals surface area contributed by atoms with Crippen LogP contribution in [0, 0.1) is 5.92 Å². The molecule has 0 amide bonds. The van der Waals surface area contributed by atoms with E-state index in [0.717, 1.165) is 6.54 Å². The van der Waals surface area contributed by atoms with Gasteiger partial charge in [0.2, 0.25) is 0 Å². The van der Waals surface area contributed by atoms with E-state index < -0.39 is 18.0 Å². The summed E-state index contributed by atoms with van der Waals surface area (Å²) in [5, 5.41) is 17.9. The summed E-state index contributed by atoms with van der Waals surface area (Å²) in [6.07, 6.45) is -0.100. The maximum Gasteiger partial charge on any atom is 0.310 e. The lowest BCUT2D eigenvalue weighted by Crippen LogP contribution is -2.44. The smallest absolute Gasteiger partial charge is 0.310 e. The van der Waals surface area contributed by atoms with Gasteiger partial charge in [0.05, 0.1) is 12.0 Å². The molecule has 0 radical (unpaired) electrons. The molecule has 1 fully saturated rings. The molecule has 0 bridgehead atoms. The van der Waals surface area contributed by atoms with Gasteiger partial charge in [-0.05, 0) is 13.5 Å². The van der Waals surface area contributed by atoms with Gasteiger partial charge in [0.25, 0.3) is 0 Å². The maximum atomic E-state index is 10.5. The van der Waals surface area contributed by atoms with E-state index in [1.54, 1.807) is 0 Å². The van der Waals surface area contributed by atoms with Crippen molar-refractivity contribution in [1.29, 1.82) is 0 Å². The molecule has 4 nitrogen and oxygen atoms in total. The molecule has 11 heavy (non-hydrogen) atoms. The molecule has 2 N–H and O–H groups in total. The minimum absolute atomic E-state index is 0.455. The number of rotatable bonds is 1. The first kappa shape index (κ1) is 8.49. The zero-order chi connectivity index (χ0) is 8.43. The normalized spacial score (nSPS) is 33.6. The second kappa shape index (κ2) is 3.19. The van der Waals surface area contributed by atoms with E-state index >= 15 is 0 Å². The largest absolute Gasteiger partial charge is 0.481 e. The van der Waals surface area contributed by atoms with Gasteiger partial charge in [0.1, 0.15) is 0 Å². The van der Waals surface area contributed by atoms with Crippen molar-refractivity contribution in [1.82, 2.24) is 4.90 Å². The lowest BCUT2D eigenvalue weighted by molar-refractivity contribution is -0.148. The fourth-order valence-corrected chi connectivity index (χ4v) is 1.35. The molecule has 0 spiro atoms. The topological polar surface area (TPSA) is 60.8 Å². The number of carbonyl (C=O) groups is 1. The molecule has 1 rings (SSSR count). The summed E-state index contributed by atoms with van der Waals surface area (Å²) in [7, 11) is 1.86. The average Bonchev–Trinajstić information content (AvgIpc) is 1.94. The number of carboxylic acids is 1. The number of aliphatic hydroxyl groups is 1. The second-order valence-electron chi connectivity index (χ2n) is 3.06. The van der Waals surface area contributed by atoms with Crippen molar-refractivity contribution >= 4 is 5.97 Å². The Morgan fingerprint density at radius 2 is 2.27 bits per heavy atom. The van der Waals surface area contributed by atoms with Crippen LogP contribution in [-0.2, 0) is 4.79 Å². The van der Waals surface area contributed by atoms with Gasteiger partial charge >= 0.3 is 5.97 Å². The Morgan fingerprint density at radius 1 is 1.64 bits per heavy atom. The van der Waals surface area contributed by atoms with Gasteiger partial charge in [0, 0.05) is 13.1 Å². The van der Waals surface area contributed by atoms with Crippen LogP contribution < -0.4 is 0 Å². The lowest BCUT2D eigenvalue weighted by Gasteiger charge is -2.31. The van der Waals surface area contributed by atoms with Crippen molar-refractivity contribution < 1.29 is 15.0 Å². The summed E-state index contributed by atoms with van der Waals surface area (Å²) in [5.41, 5.74) is 0. The quantitative estimate of drug-likeness (QED) is 0.535. The standard InChI is InChI=1S/C7H13NO3/c1-8-3-2-6(9)5(4-8)7(10)11/h5-6,9H,2-4H2,1H3,(H,10,11)/t5-,6+/m1/s1. The van der Waals surface area contributed by atoms with E-state index in [4.69, 9.17) is 5.11 Å². The van der Waals surface area contributed by atoms with Crippen LogP contribution in [0.3, 0.4) is 0 Å². The highest BCUT2D eigenvalue weighted by Crippen LogP contribution is 2.15. The molecular weight excluding hydrogens is 146 g/mol. The van der Waals surface area contributed by atoms with E-state index in [2.05, 4.69) is 0 Å². The van der Waals surface area contributed by atoms with Crippen molar-refractivity contribution in [2.24, 2.45) is 5.92 Å². The second-order valence-corrected chi connectivity index (χ2v) is 3.06. The predicted molar refractivity (Wildman–Crippen MR) is 39.2 cm³/mol. The highest BCUT2D eigenvalue weighted by molar-refractivity contribution is 5.71. The molecule has 0 aromatic heterocycles. The number of carboxylic acid groups (broad SMARTS) is 1. The van der Waals surface area contributed by atoms with Crippen molar-refractivity contribution in [3.05, 3.63) is 0 Å². The molecule has 4 heteroatoms. The van der Waals surface area contributed by atoms with Crippen molar-refractivity contribution in [2.75, 3.05) is 20.1 Å². The molecule has 1 aliphatic rings. The fourth-order valence-electron chi connectivity index (χ4n) is 1.35. The summed E-state index contributed by atoms with van der Waals surface area (Å²) in [4.78, 5) is 12.4. The van der Waals surface area contributed by atoms with Gasteiger partial charge in [-0.15, -0.1) is 0 Å². The van der Waals surface area contributed by atoms with Crippen LogP contribution >= 0.6 is 0 Å². The number of nitrogens with zero attached hydrogens (tertiary/aromatic N) is 1. The number of aliphatic hydroxyl groups excluding tert-OH is 1. The van der Waals surface area contributed by atoms with Crippen molar-refractivity contribution in [2.45, 2.75) is 12.5 Å². The van der Waals surface area contributed by atoms with Gasteiger partial charge in [-0.2, -0.15) is 0 Å². The Balaban J connectivity index is 2.54. The van der Waals surface area contributed by atoms with Gasteiger partial charge in [-0.1, -0.05) is 0 Å². The third-order valence-corrected chi connectivity index (χ3v) is 2.10. The maximum absolute atomic E-state index is 10.5. The molecule has 0 unspecified atom stereocenters. The summed E-state index contributed by atoms with van der Waals surface area (Å²) in [5.74, 6) is -1.50. The summed E-state index contributed by atoms with van der Waals surface area (Å²) in [6.45, 7) is 1.24. The predicted octanol–water partition coefficient (Wildman–Crippen LogP) is -0.616. The Labute approximate surface area is 65.4 Å². The minimum atomic E-state index is -0.899. The Hall–Kier alpha value is -0.610. The first-order valence-corrected chi connectivity index (χ1v) is 3.70. The number of aliphatic carboxylic acids is 1. The Morgan fingerprint density at radius 3 is 2.73 bits per heavy atom. The molecule has 0 aromatic rings. The highest BCUT2D eigenvalue weighted by Gasteiger charge is 2.31. The van der Waals surface area contributed by atoms with Crippen LogP contribution in [0.1, 0.15) is 6.42 Å². The number of hydrogen-bond donors (Lipinski definition) is 2. The number of likely N-dealkylation sites (tertiary alicyclic amines) is 1. The van der Waals surface area contributed by atoms with E-state index in [1.165, 1.54) is 0 Å².